The molecule has 1 saturated carbocycles. The largest absolute Gasteiger partial charge is 0.350 e. The highest BCUT2D eigenvalue weighted by Gasteiger charge is 2.47. The van der Waals surface area contributed by atoms with Crippen LogP contribution in [0.1, 0.15) is 25.6 Å². The number of imidazole rings is 1. The summed E-state index contributed by atoms with van der Waals surface area (Å²) in [6.07, 6.45) is 2.47. The number of aromatic nitrogens is 6. The molecule has 4 aromatic heterocycles. The van der Waals surface area contributed by atoms with Gasteiger partial charge in [-0.15, -0.1) is 5.10 Å². The maximum atomic E-state index is 13.0. The van der Waals surface area contributed by atoms with Gasteiger partial charge in [-0.3, -0.25) is 4.79 Å². The van der Waals surface area contributed by atoms with E-state index in [-0.39, 0.29) is 17.4 Å². The van der Waals surface area contributed by atoms with Crippen molar-refractivity contribution in [2.75, 3.05) is 19.4 Å². The SMILES string of the molecule is Cc1nc2ccc(-c3ccn4nc(NC5CC(C)(C(=O)N(C)C)C5)ncc34)nc2n1CC(F)F. The van der Waals surface area contributed by atoms with Crippen LogP contribution in [0.4, 0.5) is 14.7 Å². The minimum atomic E-state index is -2.49. The van der Waals surface area contributed by atoms with Gasteiger partial charge in [0, 0.05) is 31.9 Å². The number of fused-ring (bicyclic) bond motifs is 2. The second-order valence-electron chi connectivity index (χ2n) is 9.35. The van der Waals surface area contributed by atoms with Crippen LogP contribution < -0.4 is 5.32 Å². The lowest BCUT2D eigenvalue weighted by atomic mass is 9.66. The number of amides is 1. The lowest BCUT2D eigenvalue weighted by molar-refractivity contribution is -0.143. The third-order valence-electron chi connectivity index (χ3n) is 6.45. The number of rotatable bonds is 6. The lowest BCUT2D eigenvalue weighted by Gasteiger charge is -2.45. The van der Waals surface area contributed by atoms with E-state index in [4.69, 9.17) is 0 Å². The number of nitrogens with zero attached hydrogens (tertiary/aromatic N) is 7. The molecule has 0 atom stereocenters. The maximum Gasteiger partial charge on any atom is 0.256 e. The Morgan fingerprint density at radius 2 is 2.03 bits per heavy atom. The van der Waals surface area contributed by atoms with E-state index in [1.165, 1.54) is 4.57 Å². The van der Waals surface area contributed by atoms with E-state index in [0.717, 1.165) is 23.9 Å². The summed E-state index contributed by atoms with van der Waals surface area (Å²) in [4.78, 5) is 27.4. The molecule has 0 aliphatic heterocycles. The molecule has 1 N–H and O–H groups in total. The number of anilines is 1. The van der Waals surface area contributed by atoms with Gasteiger partial charge >= 0.3 is 0 Å². The van der Waals surface area contributed by atoms with Crippen molar-refractivity contribution in [3.05, 3.63) is 36.4 Å². The first-order valence-corrected chi connectivity index (χ1v) is 11.1. The fourth-order valence-electron chi connectivity index (χ4n) is 4.83. The molecule has 4 heterocycles. The van der Waals surface area contributed by atoms with E-state index in [9.17, 15) is 13.6 Å². The van der Waals surface area contributed by atoms with E-state index in [1.54, 1.807) is 42.7 Å². The maximum absolute atomic E-state index is 13.0. The molecule has 0 spiro atoms. The first-order chi connectivity index (χ1) is 16.1. The molecule has 11 heteroatoms. The van der Waals surface area contributed by atoms with Crippen LogP contribution in [-0.4, -0.2) is 66.5 Å². The smallest absolute Gasteiger partial charge is 0.256 e. The standard InChI is InChI=1S/C23H26F2N8O/c1-13-27-17-6-5-16(29-20(17)32(13)12-19(24)25)15-7-8-33-18(15)11-26-22(30-33)28-14-9-23(2,10-14)21(34)31(3)4/h5-8,11,14,19H,9-10,12H2,1-4H3,(H,28,30). The predicted molar refractivity (Wildman–Crippen MR) is 124 cm³/mol. The van der Waals surface area contributed by atoms with Crippen molar-refractivity contribution < 1.29 is 13.6 Å². The molecular weight excluding hydrogens is 442 g/mol. The van der Waals surface area contributed by atoms with Crippen molar-refractivity contribution in [1.29, 1.82) is 0 Å². The number of alkyl halides is 2. The van der Waals surface area contributed by atoms with Gasteiger partial charge in [-0.25, -0.2) is 28.2 Å². The van der Waals surface area contributed by atoms with Crippen molar-refractivity contribution in [1.82, 2.24) is 34.0 Å². The summed E-state index contributed by atoms with van der Waals surface area (Å²) >= 11 is 0. The number of nitrogens with one attached hydrogen (secondary N) is 1. The molecule has 9 nitrogen and oxygen atoms in total. The average Bonchev–Trinajstić information content (AvgIpc) is 3.31. The normalized spacial score (nSPS) is 20.1. The van der Waals surface area contributed by atoms with Crippen molar-refractivity contribution >= 4 is 28.5 Å². The Kier molecular flexibility index (Phi) is 5.22. The average molecular weight is 469 g/mol. The van der Waals surface area contributed by atoms with E-state index in [0.29, 0.717) is 28.6 Å². The molecule has 1 aliphatic rings. The van der Waals surface area contributed by atoms with Gasteiger partial charge < -0.3 is 14.8 Å². The van der Waals surface area contributed by atoms with Gasteiger partial charge in [-0.1, -0.05) is 6.92 Å². The van der Waals surface area contributed by atoms with Crippen LogP contribution in [-0.2, 0) is 11.3 Å². The van der Waals surface area contributed by atoms with Crippen molar-refractivity contribution in [2.45, 2.75) is 45.7 Å². The molecule has 0 aromatic carbocycles. The van der Waals surface area contributed by atoms with Gasteiger partial charge in [-0.05, 0) is 38.0 Å². The Bertz CT molecular complexity index is 1390. The van der Waals surface area contributed by atoms with Crippen LogP contribution >= 0.6 is 0 Å². The van der Waals surface area contributed by atoms with Gasteiger partial charge in [0.05, 0.1) is 29.4 Å². The van der Waals surface area contributed by atoms with Crippen LogP contribution in [0.5, 0.6) is 0 Å². The highest BCUT2D eigenvalue weighted by molar-refractivity contribution is 5.84. The second kappa shape index (κ2) is 8.00. The van der Waals surface area contributed by atoms with Gasteiger partial charge in [0.1, 0.15) is 11.3 Å². The van der Waals surface area contributed by atoms with Gasteiger partial charge in [-0.2, -0.15) is 0 Å². The second-order valence-corrected chi connectivity index (χ2v) is 9.35. The molecule has 1 aliphatic carbocycles. The highest BCUT2D eigenvalue weighted by Crippen LogP contribution is 2.43. The van der Waals surface area contributed by atoms with Crippen molar-refractivity contribution in [2.24, 2.45) is 5.41 Å². The molecule has 178 valence electrons. The Labute approximate surface area is 194 Å². The van der Waals surface area contributed by atoms with E-state index in [2.05, 4.69) is 25.4 Å². The molecule has 0 bridgehead atoms. The van der Waals surface area contributed by atoms with Crippen LogP contribution in [0.2, 0.25) is 0 Å². The van der Waals surface area contributed by atoms with Gasteiger partial charge in [0.15, 0.2) is 5.65 Å². The highest BCUT2D eigenvalue weighted by atomic mass is 19.3. The van der Waals surface area contributed by atoms with Crippen LogP contribution in [0.15, 0.2) is 30.6 Å². The zero-order valence-corrected chi connectivity index (χ0v) is 19.5. The monoisotopic (exact) mass is 468 g/mol. The van der Waals surface area contributed by atoms with Crippen LogP contribution in [0.3, 0.4) is 0 Å². The molecule has 0 radical (unpaired) electrons. The van der Waals surface area contributed by atoms with Crippen molar-refractivity contribution in [3.63, 3.8) is 0 Å². The predicted octanol–water partition coefficient (Wildman–Crippen LogP) is 3.38. The minimum absolute atomic E-state index is 0.129. The van der Waals surface area contributed by atoms with E-state index >= 15 is 0 Å². The molecule has 0 unspecified atom stereocenters. The molecular formula is C23H26F2N8O. The number of hydrogen-bond acceptors (Lipinski definition) is 6. The Hall–Kier alpha value is -3.63. The summed E-state index contributed by atoms with van der Waals surface area (Å²) in [5.41, 5.74) is 2.82. The first-order valence-electron chi connectivity index (χ1n) is 11.1. The number of hydrogen-bond donors (Lipinski definition) is 1. The summed E-state index contributed by atoms with van der Waals surface area (Å²) in [6, 6.07) is 5.61. The van der Waals surface area contributed by atoms with E-state index < -0.39 is 13.0 Å². The van der Waals surface area contributed by atoms with Gasteiger partial charge in [0.25, 0.3) is 6.43 Å². The fourth-order valence-corrected chi connectivity index (χ4v) is 4.83. The minimum Gasteiger partial charge on any atom is -0.350 e. The van der Waals surface area contributed by atoms with Crippen LogP contribution in [0.25, 0.3) is 27.9 Å². The molecule has 1 amide bonds. The zero-order chi connectivity index (χ0) is 24.2. The van der Waals surface area contributed by atoms with Crippen molar-refractivity contribution in [3.8, 4) is 11.3 Å². The summed E-state index contributed by atoms with van der Waals surface area (Å²) < 4.78 is 29.2. The van der Waals surface area contributed by atoms with E-state index in [1.807, 2.05) is 25.3 Å². The number of aryl methyl sites for hydroxylation is 1. The third kappa shape index (κ3) is 3.74. The Morgan fingerprint density at radius 3 is 2.74 bits per heavy atom. The number of carbonyl (C=O) groups is 1. The zero-order valence-electron chi connectivity index (χ0n) is 19.5. The summed E-state index contributed by atoms with van der Waals surface area (Å²) in [6.45, 7) is 3.23. The Balaban J connectivity index is 1.38. The number of carbonyl (C=O) groups excluding carboxylic acids is 1. The molecule has 0 saturated heterocycles. The lowest BCUT2D eigenvalue weighted by Crippen LogP contribution is -2.52. The molecule has 34 heavy (non-hydrogen) atoms. The summed E-state index contributed by atoms with van der Waals surface area (Å²) in [7, 11) is 3.55. The molecule has 4 aromatic rings. The topological polar surface area (TPSA) is 93.2 Å². The summed E-state index contributed by atoms with van der Waals surface area (Å²) in [5, 5.41) is 7.86. The van der Waals surface area contributed by atoms with Crippen LogP contribution in [0, 0.1) is 12.3 Å². The summed E-state index contributed by atoms with van der Waals surface area (Å²) in [5.74, 6) is 1.11. The number of pyridine rings is 1. The fraction of sp³-hybridized carbons (Fsp3) is 0.435. The van der Waals surface area contributed by atoms with Gasteiger partial charge in [0.2, 0.25) is 11.9 Å². The third-order valence-corrected chi connectivity index (χ3v) is 6.45. The quantitative estimate of drug-likeness (QED) is 0.466. The molecule has 1 fully saturated rings. The number of halogens is 2. The first kappa shape index (κ1) is 22.2. The Morgan fingerprint density at radius 1 is 1.26 bits per heavy atom. The molecule has 5 rings (SSSR count).